The van der Waals surface area contributed by atoms with E-state index in [9.17, 15) is 19.5 Å². The van der Waals surface area contributed by atoms with Gasteiger partial charge in [-0.05, 0) is 81.6 Å². The summed E-state index contributed by atoms with van der Waals surface area (Å²) < 4.78 is 12.4. The Kier molecular flexibility index (Phi) is 9.44. The van der Waals surface area contributed by atoms with Gasteiger partial charge in [0.1, 0.15) is 17.4 Å². The zero-order valence-electron chi connectivity index (χ0n) is 26.2. The van der Waals surface area contributed by atoms with Gasteiger partial charge >= 0.3 is 0 Å². The molecule has 3 fully saturated rings. The molecular formula is C35H42ClN3O6. The SMILES string of the molecule is C=CCN(C(=O)C1N([C@@H](CC)CO)C(=O)[C@@H]2[C@H](C(=O)N(CC=C)c3ccc(OCC)cc3)[C@]3(C)CCC12O3)c1ccc(Cl)cc1. The van der Waals surface area contributed by atoms with Crippen LogP contribution in [0.3, 0.4) is 0 Å². The van der Waals surface area contributed by atoms with Gasteiger partial charge in [0.15, 0.2) is 0 Å². The summed E-state index contributed by atoms with van der Waals surface area (Å²) in [5.74, 6) is -2.06. The molecule has 0 aromatic heterocycles. The predicted molar refractivity (Wildman–Crippen MR) is 174 cm³/mol. The summed E-state index contributed by atoms with van der Waals surface area (Å²) in [6, 6.07) is 12.4. The first kappa shape index (κ1) is 32.7. The van der Waals surface area contributed by atoms with Gasteiger partial charge in [0.2, 0.25) is 11.8 Å². The van der Waals surface area contributed by atoms with Crippen molar-refractivity contribution in [3.63, 3.8) is 0 Å². The van der Waals surface area contributed by atoms with Crippen molar-refractivity contribution < 1.29 is 29.0 Å². The van der Waals surface area contributed by atoms with Crippen LogP contribution in [0.25, 0.3) is 0 Å². The fraction of sp³-hybridized carbons (Fsp3) is 0.457. The number of aliphatic hydroxyl groups is 1. The van der Waals surface area contributed by atoms with E-state index >= 15 is 0 Å². The molecule has 0 aliphatic carbocycles. The van der Waals surface area contributed by atoms with Crippen LogP contribution in [0.4, 0.5) is 11.4 Å². The quantitative estimate of drug-likeness (QED) is 0.311. The number of aliphatic hydroxyl groups excluding tert-OH is 1. The molecule has 3 heterocycles. The van der Waals surface area contributed by atoms with Gasteiger partial charge in [0.05, 0.1) is 36.7 Å². The van der Waals surface area contributed by atoms with Crippen molar-refractivity contribution in [1.29, 1.82) is 0 Å². The molecule has 45 heavy (non-hydrogen) atoms. The second-order valence-electron chi connectivity index (χ2n) is 12.1. The van der Waals surface area contributed by atoms with Crippen LogP contribution in [0.5, 0.6) is 5.75 Å². The first-order valence-corrected chi connectivity index (χ1v) is 15.9. The van der Waals surface area contributed by atoms with Crippen molar-refractivity contribution in [2.45, 2.75) is 63.3 Å². The summed E-state index contributed by atoms with van der Waals surface area (Å²) in [6.07, 6.45) is 4.60. The Morgan fingerprint density at radius 2 is 1.62 bits per heavy atom. The number of benzene rings is 2. The van der Waals surface area contributed by atoms with E-state index in [0.717, 1.165) is 0 Å². The minimum atomic E-state index is -1.25. The normalized spacial score (nSPS) is 27.2. The molecule has 5 rings (SSSR count). The monoisotopic (exact) mass is 635 g/mol. The van der Waals surface area contributed by atoms with E-state index in [4.69, 9.17) is 21.1 Å². The molecule has 1 N–H and O–H groups in total. The number of halogens is 1. The number of rotatable bonds is 13. The van der Waals surface area contributed by atoms with Gasteiger partial charge < -0.3 is 29.3 Å². The Hall–Kier alpha value is -3.66. The molecule has 2 unspecified atom stereocenters. The zero-order chi connectivity index (χ0) is 32.5. The number of nitrogens with zero attached hydrogens (tertiary/aromatic N) is 3. The highest BCUT2D eigenvalue weighted by Crippen LogP contribution is 2.64. The Morgan fingerprint density at radius 1 is 1.04 bits per heavy atom. The minimum Gasteiger partial charge on any atom is -0.494 e. The average Bonchev–Trinajstić information content (AvgIpc) is 3.61. The molecule has 240 valence electrons. The van der Waals surface area contributed by atoms with Gasteiger partial charge in [-0.3, -0.25) is 14.4 Å². The summed E-state index contributed by atoms with van der Waals surface area (Å²) >= 11 is 6.15. The van der Waals surface area contributed by atoms with Crippen molar-refractivity contribution in [3.8, 4) is 5.75 Å². The Balaban J connectivity index is 1.59. The second-order valence-corrected chi connectivity index (χ2v) is 12.5. The molecule has 3 aliphatic rings. The van der Waals surface area contributed by atoms with Crippen LogP contribution < -0.4 is 14.5 Å². The van der Waals surface area contributed by atoms with Crippen LogP contribution in [0.1, 0.15) is 40.0 Å². The lowest BCUT2D eigenvalue weighted by molar-refractivity contribution is -0.148. The topological polar surface area (TPSA) is 99.6 Å². The highest BCUT2D eigenvalue weighted by atomic mass is 35.5. The number of ether oxygens (including phenoxy) is 2. The van der Waals surface area contributed by atoms with E-state index in [1.807, 2.05) is 32.9 Å². The molecule has 3 saturated heterocycles. The molecule has 6 atom stereocenters. The molecule has 1 spiro atoms. The number of amides is 3. The molecule has 2 bridgehead atoms. The van der Waals surface area contributed by atoms with Crippen LogP contribution in [0.2, 0.25) is 5.02 Å². The number of anilines is 2. The van der Waals surface area contributed by atoms with E-state index < -0.39 is 35.1 Å². The molecule has 2 aromatic rings. The Morgan fingerprint density at radius 3 is 2.16 bits per heavy atom. The summed E-state index contributed by atoms with van der Waals surface area (Å²) in [5.41, 5.74) is -0.999. The number of fused-ring (bicyclic) bond motifs is 1. The Labute approximate surface area is 270 Å². The largest absolute Gasteiger partial charge is 0.494 e. The van der Waals surface area contributed by atoms with Crippen molar-refractivity contribution in [2.24, 2.45) is 11.8 Å². The third-order valence-corrected chi connectivity index (χ3v) is 9.79. The first-order valence-electron chi connectivity index (χ1n) is 15.6. The summed E-state index contributed by atoms with van der Waals surface area (Å²) in [5, 5.41) is 11.0. The third-order valence-electron chi connectivity index (χ3n) is 9.54. The number of carbonyl (C=O) groups excluding carboxylic acids is 3. The van der Waals surface area contributed by atoms with Crippen LogP contribution in [-0.4, -0.2) is 77.3 Å². The third kappa shape index (κ3) is 5.45. The van der Waals surface area contributed by atoms with Gasteiger partial charge in [-0.25, -0.2) is 0 Å². The summed E-state index contributed by atoms with van der Waals surface area (Å²) in [6.45, 7) is 14.0. The standard InChI is InChI=1S/C35H42ClN3O6/c1-6-20-37(26-14-16-27(17-15-26)44-9-4)31(41)28-29-32(42)39(24(8-3)22-40)30(35(29)19-18-34(28,5)45-35)33(43)38(21-7-2)25-12-10-23(36)11-13-25/h6-7,10-17,24,28-30,40H,1-2,8-9,18-22H2,3-5H3/t24-,28+,29-,30?,34-,35?/m0/s1. The van der Waals surface area contributed by atoms with E-state index in [0.29, 0.717) is 48.0 Å². The summed E-state index contributed by atoms with van der Waals surface area (Å²) in [4.78, 5) is 48.7. The average molecular weight is 636 g/mol. The van der Waals surface area contributed by atoms with Crippen molar-refractivity contribution >= 4 is 40.7 Å². The van der Waals surface area contributed by atoms with Crippen molar-refractivity contribution in [3.05, 3.63) is 78.9 Å². The van der Waals surface area contributed by atoms with Crippen molar-refractivity contribution in [2.75, 3.05) is 36.1 Å². The van der Waals surface area contributed by atoms with Gasteiger partial charge in [0.25, 0.3) is 5.91 Å². The van der Waals surface area contributed by atoms with Gasteiger partial charge in [-0.2, -0.15) is 0 Å². The van der Waals surface area contributed by atoms with Crippen LogP contribution >= 0.6 is 11.6 Å². The smallest absolute Gasteiger partial charge is 0.253 e. The maximum absolute atomic E-state index is 14.7. The lowest BCUT2D eigenvalue weighted by Gasteiger charge is -2.39. The molecule has 3 amide bonds. The number of likely N-dealkylation sites (tertiary alicyclic amines) is 1. The Bertz CT molecular complexity index is 1440. The number of hydrogen-bond acceptors (Lipinski definition) is 6. The van der Waals surface area contributed by atoms with E-state index in [1.54, 1.807) is 58.4 Å². The van der Waals surface area contributed by atoms with E-state index in [1.165, 1.54) is 4.90 Å². The van der Waals surface area contributed by atoms with Crippen LogP contribution in [-0.2, 0) is 19.1 Å². The van der Waals surface area contributed by atoms with Crippen LogP contribution in [0.15, 0.2) is 73.8 Å². The maximum atomic E-state index is 14.7. The molecular weight excluding hydrogens is 594 g/mol. The summed E-state index contributed by atoms with van der Waals surface area (Å²) in [7, 11) is 0. The second kappa shape index (κ2) is 13.0. The molecule has 10 heteroatoms. The van der Waals surface area contributed by atoms with Gasteiger partial charge in [-0.1, -0.05) is 30.7 Å². The molecule has 3 aliphatic heterocycles. The fourth-order valence-corrected chi connectivity index (χ4v) is 7.68. The lowest BCUT2D eigenvalue weighted by Crippen LogP contribution is -2.59. The molecule has 0 saturated carbocycles. The minimum absolute atomic E-state index is 0.181. The van der Waals surface area contributed by atoms with Crippen molar-refractivity contribution in [1.82, 2.24) is 4.90 Å². The first-order chi connectivity index (χ1) is 21.6. The lowest BCUT2D eigenvalue weighted by atomic mass is 9.66. The zero-order valence-corrected chi connectivity index (χ0v) is 26.9. The van der Waals surface area contributed by atoms with Crippen LogP contribution in [0, 0.1) is 11.8 Å². The van der Waals surface area contributed by atoms with E-state index in [-0.39, 0.29) is 37.4 Å². The number of hydrogen-bond donors (Lipinski definition) is 1. The molecule has 9 nitrogen and oxygen atoms in total. The molecule has 0 radical (unpaired) electrons. The van der Waals surface area contributed by atoms with Gasteiger partial charge in [0, 0.05) is 29.5 Å². The van der Waals surface area contributed by atoms with Gasteiger partial charge in [-0.15, -0.1) is 13.2 Å². The maximum Gasteiger partial charge on any atom is 0.253 e. The highest BCUT2D eigenvalue weighted by Gasteiger charge is 2.78. The predicted octanol–water partition coefficient (Wildman–Crippen LogP) is 5.01. The fourth-order valence-electron chi connectivity index (χ4n) is 7.56. The highest BCUT2D eigenvalue weighted by molar-refractivity contribution is 6.30. The molecule has 2 aromatic carbocycles. The van der Waals surface area contributed by atoms with E-state index in [2.05, 4.69) is 13.2 Å². The number of carbonyl (C=O) groups is 3.